The average molecular weight is 522 g/mol. The van der Waals surface area contributed by atoms with Gasteiger partial charge in [0.2, 0.25) is 0 Å². The monoisotopic (exact) mass is 521 g/mol. The fourth-order valence-corrected chi connectivity index (χ4v) is 5.81. The Bertz CT molecular complexity index is 1170. The van der Waals surface area contributed by atoms with E-state index < -0.39 is 39.6 Å². The van der Waals surface area contributed by atoms with Gasteiger partial charge in [0.05, 0.1) is 27.9 Å². The van der Waals surface area contributed by atoms with Crippen molar-refractivity contribution in [2.75, 3.05) is 0 Å². The molecule has 3 heterocycles. The zero-order valence-electron chi connectivity index (χ0n) is 17.2. The van der Waals surface area contributed by atoms with E-state index in [1.54, 1.807) is 4.90 Å². The highest BCUT2D eigenvalue weighted by molar-refractivity contribution is 7.14. The van der Waals surface area contributed by atoms with Gasteiger partial charge in [-0.05, 0) is 43.0 Å². The number of nitrogens with one attached hydrogen (secondary N) is 1. The molecule has 1 N–H and O–H groups in total. The van der Waals surface area contributed by atoms with Crippen LogP contribution in [0.4, 0.5) is 17.6 Å². The van der Waals surface area contributed by atoms with Crippen LogP contribution in [0.5, 0.6) is 0 Å². The van der Waals surface area contributed by atoms with Crippen molar-refractivity contribution in [3.63, 3.8) is 0 Å². The number of oxime groups is 1. The molecule has 1 amide bonds. The second kappa shape index (κ2) is 7.74. The number of fused-ring (bicyclic) bond motifs is 1. The molecule has 5 rings (SSSR count). The van der Waals surface area contributed by atoms with Gasteiger partial charge in [0.25, 0.3) is 11.5 Å². The molecule has 33 heavy (non-hydrogen) atoms. The van der Waals surface area contributed by atoms with Gasteiger partial charge in [-0.15, -0.1) is 11.3 Å². The molecule has 0 radical (unpaired) electrons. The summed E-state index contributed by atoms with van der Waals surface area (Å²) in [5.41, 5.74) is -1.51. The van der Waals surface area contributed by atoms with E-state index >= 15 is 0 Å². The molecule has 1 atom stereocenters. The first-order valence-corrected chi connectivity index (χ1v) is 11.7. The Labute approximate surface area is 200 Å². The van der Waals surface area contributed by atoms with E-state index in [1.165, 1.54) is 11.3 Å². The van der Waals surface area contributed by atoms with Gasteiger partial charge in [-0.25, -0.2) is 4.39 Å². The lowest BCUT2D eigenvalue weighted by atomic mass is 9.89. The fraction of sp³-hybridized carbons (Fsp3) is 0.429. The topological polar surface area (TPSA) is 53.9 Å². The lowest BCUT2D eigenvalue weighted by molar-refractivity contribution is -0.275. The summed E-state index contributed by atoms with van der Waals surface area (Å²) in [5.74, 6) is -1.00. The van der Waals surface area contributed by atoms with E-state index in [4.69, 9.17) is 28.0 Å². The number of carbonyl (C=O) groups excluding carboxylic acids is 1. The van der Waals surface area contributed by atoms with Gasteiger partial charge >= 0.3 is 6.18 Å². The summed E-state index contributed by atoms with van der Waals surface area (Å²) >= 11 is 12.8. The summed E-state index contributed by atoms with van der Waals surface area (Å²) < 4.78 is 56.4. The number of hydrogen-bond acceptors (Lipinski definition) is 5. The van der Waals surface area contributed by atoms with Crippen molar-refractivity contribution in [3.05, 3.63) is 54.4 Å². The number of amides is 1. The highest BCUT2D eigenvalue weighted by Gasteiger charge is 2.63. The normalized spacial score (nSPS) is 22.3. The maximum Gasteiger partial charge on any atom is 0.435 e. The van der Waals surface area contributed by atoms with Crippen LogP contribution in [0.1, 0.15) is 50.5 Å². The third-order valence-electron chi connectivity index (χ3n) is 6.14. The highest BCUT2D eigenvalue weighted by Crippen LogP contribution is 2.50. The Morgan fingerprint density at radius 1 is 1.27 bits per heavy atom. The predicted molar refractivity (Wildman–Crippen MR) is 116 cm³/mol. The predicted octanol–water partition coefficient (Wildman–Crippen LogP) is 5.90. The number of thiophene rings is 1. The van der Waals surface area contributed by atoms with Crippen LogP contribution in [-0.4, -0.2) is 28.9 Å². The minimum absolute atomic E-state index is 0.107. The second-order valence-corrected chi connectivity index (χ2v) is 10.3. The van der Waals surface area contributed by atoms with E-state index in [9.17, 15) is 22.4 Å². The van der Waals surface area contributed by atoms with E-state index in [0.717, 1.165) is 41.0 Å². The van der Waals surface area contributed by atoms with E-state index in [2.05, 4.69) is 10.5 Å². The molecule has 1 aliphatic carbocycles. The molecule has 0 spiro atoms. The molecule has 1 fully saturated rings. The van der Waals surface area contributed by atoms with Gasteiger partial charge in [-0.3, -0.25) is 4.79 Å². The van der Waals surface area contributed by atoms with E-state index in [1.807, 2.05) is 6.92 Å². The van der Waals surface area contributed by atoms with Crippen LogP contribution in [0.2, 0.25) is 10.0 Å². The highest BCUT2D eigenvalue weighted by atomic mass is 35.5. The Morgan fingerprint density at radius 2 is 1.94 bits per heavy atom. The Kier molecular flexibility index (Phi) is 5.34. The molecule has 1 saturated carbocycles. The molecular weight excluding hydrogens is 505 g/mol. The Hall–Kier alpha value is -2.04. The lowest BCUT2D eigenvalue weighted by Crippen LogP contribution is -2.44. The smallest absolute Gasteiger partial charge is 0.372 e. The molecule has 176 valence electrons. The van der Waals surface area contributed by atoms with Crippen molar-refractivity contribution >= 4 is 46.3 Å². The summed E-state index contributed by atoms with van der Waals surface area (Å²) in [6.45, 7) is 2.48. The van der Waals surface area contributed by atoms with Crippen molar-refractivity contribution in [1.29, 1.82) is 0 Å². The maximum atomic E-state index is 14.2. The number of carbonyl (C=O) groups is 1. The van der Waals surface area contributed by atoms with Gasteiger partial charge in [0, 0.05) is 23.0 Å². The van der Waals surface area contributed by atoms with E-state index in [0.29, 0.717) is 18.0 Å². The quantitative estimate of drug-likeness (QED) is 0.404. The summed E-state index contributed by atoms with van der Waals surface area (Å²) in [7, 11) is 0. The Morgan fingerprint density at radius 3 is 2.52 bits per heavy atom. The van der Waals surface area contributed by atoms with Crippen molar-refractivity contribution < 1.29 is 27.2 Å². The van der Waals surface area contributed by atoms with Crippen molar-refractivity contribution in [2.24, 2.45) is 5.16 Å². The van der Waals surface area contributed by atoms with Crippen LogP contribution in [0.3, 0.4) is 0 Å². The lowest BCUT2D eigenvalue weighted by Gasteiger charge is -2.30. The van der Waals surface area contributed by atoms with Gasteiger partial charge in [0.1, 0.15) is 5.84 Å². The summed E-state index contributed by atoms with van der Waals surface area (Å²) in [5, 5.41) is 5.66. The number of amidine groups is 1. The number of hydrogen-bond donors (Lipinski definition) is 1. The summed E-state index contributed by atoms with van der Waals surface area (Å²) in [6.07, 6.45) is -3.51. The molecule has 1 unspecified atom stereocenters. The molecular formula is C21H17Cl2F4N3O2S. The van der Waals surface area contributed by atoms with Crippen LogP contribution in [0.25, 0.3) is 0 Å². The molecule has 2 aliphatic heterocycles. The molecule has 5 nitrogen and oxygen atoms in total. The fourth-order valence-electron chi connectivity index (χ4n) is 4.09. The number of benzene rings is 1. The first kappa shape index (κ1) is 22.7. The third kappa shape index (κ3) is 3.76. The Balaban J connectivity index is 1.38. The number of nitrogens with zero attached hydrogens (tertiary/aromatic N) is 2. The summed E-state index contributed by atoms with van der Waals surface area (Å²) in [4.78, 5) is 20.7. The molecule has 0 saturated heterocycles. The van der Waals surface area contributed by atoms with Gasteiger partial charge in [-0.2, -0.15) is 13.2 Å². The van der Waals surface area contributed by atoms with Gasteiger partial charge in [0.15, 0.2) is 5.82 Å². The minimum atomic E-state index is -4.86. The van der Waals surface area contributed by atoms with Crippen molar-refractivity contribution in [1.82, 2.24) is 10.2 Å². The van der Waals surface area contributed by atoms with Crippen LogP contribution >= 0.6 is 34.5 Å². The zero-order valence-corrected chi connectivity index (χ0v) is 19.5. The summed E-state index contributed by atoms with van der Waals surface area (Å²) in [6, 6.07) is 1.97. The first-order chi connectivity index (χ1) is 15.5. The van der Waals surface area contributed by atoms with Crippen LogP contribution in [0, 0.1) is 12.7 Å². The van der Waals surface area contributed by atoms with Crippen LogP contribution in [0.15, 0.2) is 17.3 Å². The maximum absolute atomic E-state index is 14.2. The van der Waals surface area contributed by atoms with Gasteiger partial charge < -0.3 is 15.1 Å². The SMILES string of the molecule is Cc1c(C(=O)NC2CC2)sc2c1CN(C1=NOC(c3cc(Cl)c(F)c(Cl)c3)(C(F)(F)F)C1)C2. The van der Waals surface area contributed by atoms with Crippen molar-refractivity contribution in [3.8, 4) is 0 Å². The third-order valence-corrected chi connectivity index (χ3v) is 8.01. The number of halogens is 6. The van der Waals surface area contributed by atoms with Gasteiger partial charge in [-0.1, -0.05) is 28.4 Å². The van der Waals surface area contributed by atoms with Crippen LogP contribution < -0.4 is 5.32 Å². The molecule has 2 aromatic rings. The number of alkyl halides is 3. The molecule has 12 heteroatoms. The molecule has 0 bridgehead atoms. The largest absolute Gasteiger partial charge is 0.435 e. The average Bonchev–Trinajstić information content (AvgIpc) is 3.16. The molecule has 1 aromatic carbocycles. The minimum Gasteiger partial charge on any atom is -0.372 e. The molecule has 1 aromatic heterocycles. The first-order valence-electron chi connectivity index (χ1n) is 10.1. The second-order valence-electron chi connectivity index (χ2n) is 8.42. The zero-order chi connectivity index (χ0) is 23.7. The standard InChI is InChI=1S/C21H17Cl2F4N3O2S/c1-9-12-7-30(8-15(12)33-18(9)19(31)28-11-2-3-11)16-6-20(32-29-16,21(25,26)27)10-4-13(22)17(24)14(23)5-10/h4-5,11H,2-3,6-8H2,1H3,(H,28,31). The van der Waals surface area contributed by atoms with Crippen molar-refractivity contribution in [2.45, 2.75) is 57.1 Å². The molecule has 3 aliphatic rings. The number of rotatable bonds is 3. The van der Waals surface area contributed by atoms with E-state index in [-0.39, 0.29) is 17.8 Å². The van der Waals surface area contributed by atoms with Crippen LogP contribution in [-0.2, 0) is 23.5 Å².